The SMILES string of the molecule is Cl.O=C1NC(CCc2ccccc2)(C2CCNCC2)C(=O)N1CC1CCC1. The molecule has 148 valence electrons. The number of rotatable bonds is 6. The lowest BCUT2D eigenvalue weighted by atomic mass is 9.74. The summed E-state index contributed by atoms with van der Waals surface area (Å²) < 4.78 is 0. The van der Waals surface area contributed by atoms with E-state index in [9.17, 15) is 9.59 Å². The molecule has 3 amide bonds. The van der Waals surface area contributed by atoms with Crippen LogP contribution in [-0.4, -0.2) is 42.0 Å². The van der Waals surface area contributed by atoms with E-state index in [-0.39, 0.29) is 30.3 Å². The molecule has 2 N–H and O–H groups in total. The Bertz CT molecular complexity index is 659. The number of nitrogens with one attached hydrogen (secondary N) is 2. The second-order valence-electron chi connectivity index (χ2n) is 8.12. The van der Waals surface area contributed by atoms with Crippen molar-refractivity contribution in [2.75, 3.05) is 19.6 Å². The molecule has 1 atom stereocenters. The second-order valence-corrected chi connectivity index (χ2v) is 8.12. The van der Waals surface area contributed by atoms with Crippen LogP contribution >= 0.6 is 12.4 Å². The quantitative estimate of drug-likeness (QED) is 0.732. The molecule has 0 aromatic heterocycles. The third-order valence-corrected chi connectivity index (χ3v) is 6.55. The number of carbonyl (C=O) groups excluding carboxylic acids is 2. The third kappa shape index (κ3) is 3.99. The Labute approximate surface area is 167 Å². The average Bonchev–Trinajstić information content (AvgIpc) is 2.89. The maximum Gasteiger partial charge on any atom is 0.325 e. The maximum absolute atomic E-state index is 13.5. The van der Waals surface area contributed by atoms with Gasteiger partial charge in [0.25, 0.3) is 5.91 Å². The van der Waals surface area contributed by atoms with Crippen molar-refractivity contribution in [1.29, 1.82) is 0 Å². The molecule has 2 aliphatic heterocycles. The number of aryl methyl sites for hydroxylation is 1. The van der Waals surface area contributed by atoms with E-state index in [0.29, 0.717) is 18.9 Å². The number of hydrogen-bond acceptors (Lipinski definition) is 3. The lowest BCUT2D eigenvalue weighted by molar-refractivity contribution is -0.134. The van der Waals surface area contributed by atoms with Crippen molar-refractivity contribution in [3.05, 3.63) is 35.9 Å². The molecule has 2 heterocycles. The van der Waals surface area contributed by atoms with Crippen molar-refractivity contribution in [2.45, 2.75) is 50.5 Å². The first kappa shape index (κ1) is 20.2. The van der Waals surface area contributed by atoms with Gasteiger partial charge in [-0.1, -0.05) is 36.8 Å². The molecule has 0 radical (unpaired) electrons. The fraction of sp³-hybridized carbons (Fsp3) is 0.619. The number of carbonyl (C=O) groups is 2. The van der Waals surface area contributed by atoms with Crippen molar-refractivity contribution in [1.82, 2.24) is 15.5 Å². The average molecular weight is 392 g/mol. The molecular formula is C21H30ClN3O2. The first-order chi connectivity index (χ1) is 12.7. The molecule has 27 heavy (non-hydrogen) atoms. The predicted molar refractivity (Wildman–Crippen MR) is 108 cm³/mol. The van der Waals surface area contributed by atoms with Crippen LogP contribution in [0.5, 0.6) is 0 Å². The van der Waals surface area contributed by atoms with Crippen LogP contribution in [0, 0.1) is 11.8 Å². The van der Waals surface area contributed by atoms with Gasteiger partial charge < -0.3 is 10.6 Å². The first-order valence-corrected chi connectivity index (χ1v) is 10.1. The van der Waals surface area contributed by atoms with Crippen LogP contribution in [0.3, 0.4) is 0 Å². The molecule has 1 aliphatic carbocycles. The zero-order valence-corrected chi connectivity index (χ0v) is 16.6. The highest BCUT2D eigenvalue weighted by Crippen LogP contribution is 2.37. The van der Waals surface area contributed by atoms with E-state index < -0.39 is 5.54 Å². The summed E-state index contributed by atoms with van der Waals surface area (Å²) in [6, 6.07) is 10.1. The predicted octanol–water partition coefficient (Wildman–Crippen LogP) is 3.13. The summed E-state index contributed by atoms with van der Waals surface area (Å²) in [5, 5.41) is 6.55. The van der Waals surface area contributed by atoms with Crippen molar-refractivity contribution >= 4 is 24.3 Å². The number of halogens is 1. The summed E-state index contributed by atoms with van der Waals surface area (Å²) in [5.74, 6) is 0.746. The fourth-order valence-corrected chi connectivity index (χ4v) is 4.70. The lowest BCUT2D eigenvalue weighted by Crippen LogP contribution is -2.56. The molecule has 1 saturated carbocycles. The van der Waals surface area contributed by atoms with Crippen LogP contribution in [0.25, 0.3) is 0 Å². The summed E-state index contributed by atoms with van der Waals surface area (Å²) in [4.78, 5) is 27.7. The number of piperidine rings is 1. The summed E-state index contributed by atoms with van der Waals surface area (Å²) in [5.41, 5.74) is 0.499. The van der Waals surface area contributed by atoms with Crippen LogP contribution in [0.15, 0.2) is 30.3 Å². The number of benzene rings is 1. The molecule has 3 fully saturated rings. The van der Waals surface area contributed by atoms with Crippen LogP contribution in [0.2, 0.25) is 0 Å². The first-order valence-electron chi connectivity index (χ1n) is 10.1. The van der Waals surface area contributed by atoms with Crippen LogP contribution in [-0.2, 0) is 11.2 Å². The Hall–Kier alpha value is -1.59. The number of urea groups is 1. The van der Waals surface area contributed by atoms with E-state index in [1.165, 1.54) is 16.9 Å². The molecule has 1 aromatic rings. The topological polar surface area (TPSA) is 61.4 Å². The standard InChI is InChI=1S/C21H29N3O2.ClH/c25-19-21(18-10-13-22-14-11-18,12-9-16-5-2-1-3-6-16)23-20(26)24(19)15-17-7-4-8-17;/h1-3,5-6,17-18,22H,4,7-15H2,(H,23,26);1H. The van der Waals surface area contributed by atoms with Crippen LogP contribution in [0.4, 0.5) is 4.79 Å². The van der Waals surface area contributed by atoms with E-state index in [2.05, 4.69) is 22.8 Å². The zero-order chi connectivity index (χ0) is 18.0. The fourth-order valence-electron chi connectivity index (χ4n) is 4.70. The number of hydrogen-bond donors (Lipinski definition) is 2. The summed E-state index contributed by atoms with van der Waals surface area (Å²) in [6.45, 7) is 2.44. The van der Waals surface area contributed by atoms with E-state index in [4.69, 9.17) is 0 Å². The van der Waals surface area contributed by atoms with Crippen molar-refractivity contribution < 1.29 is 9.59 Å². The molecule has 3 aliphatic rings. The number of amides is 3. The van der Waals surface area contributed by atoms with Crippen LogP contribution in [0.1, 0.15) is 44.1 Å². The minimum absolute atomic E-state index is 0. The van der Waals surface area contributed by atoms with Crippen LogP contribution < -0.4 is 10.6 Å². The van der Waals surface area contributed by atoms with Gasteiger partial charge in [-0.3, -0.25) is 9.69 Å². The highest BCUT2D eigenvalue weighted by molar-refractivity contribution is 6.07. The van der Waals surface area contributed by atoms with Crippen molar-refractivity contribution in [3.63, 3.8) is 0 Å². The Kier molecular flexibility index (Phi) is 6.43. The van der Waals surface area contributed by atoms with Gasteiger partial charge in [-0.05, 0) is 69.0 Å². The molecule has 0 spiro atoms. The van der Waals surface area contributed by atoms with Gasteiger partial charge >= 0.3 is 6.03 Å². The van der Waals surface area contributed by atoms with E-state index in [0.717, 1.165) is 45.2 Å². The molecule has 6 heteroatoms. The monoisotopic (exact) mass is 391 g/mol. The Morgan fingerprint density at radius 2 is 1.74 bits per heavy atom. The van der Waals surface area contributed by atoms with Gasteiger partial charge in [0.05, 0.1) is 0 Å². The van der Waals surface area contributed by atoms with Gasteiger partial charge in [0.1, 0.15) is 5.54 Å². The van der Waals surface area contributed by atoms with Gasteiger partial charge in [-0.2, -0.15) is 0 Å². The molecular weight excluding hydrogens is 362 g/mol. The van der Waals surface area contributed by atoms with E-state index in [1.54, 1.807) is 0 Å². The molecule has 4 rings (SSSR count). The molecule has 2 saturated heterocycles. The minimum atomic E-state index is -0.723. The number of imide groups is 1. The van der Waals surface area contributed by atoms with Crippen molar-refractivity contribution in [3.8, 4) is 0 Å². The maximum atomic E-state index is 13.5. The summed E-state index contributed by atoms with van der Waals surface area (Å²) in [7, 11) is 0. The third-order valence-electron chi connectivity index (χ3n) is 6.55. The Balaban J connectivity index is 0.00000210. The zero-order valence-electron chi connectivity index (χ0n) is 15.8. The van der Waals surface area contributed by atoms with Gasteiger partial charge in [0.15, 0.2) is 0 Å². The largest absolute Gasteiger partial charge is 0.325 e. The smallest absolute Gasteiger partial charge is 0.323 e. The molecule has 1 unspecified atom stereocenters. The molecule has 1 aromatic carbocycles. The van der Waals surface area contributed by atoms with Gasteiger partial charge in [-0.15, -0.1) is 12.4 Å². The van der Waals surface area contributed by atoms with Crippen molar-refractivity contribution in [2.24, 2.45) is 11.8 Å². The molecule has 0 bridgehead atoms. The second kappa shape index (κ2) is 8.61. The highest BCUT2D eigenvalue weighted by Gasteiger charge is 2.55. The summed E-state index contributed by atoms with van der Waals surface area (Å²) >= 11 is 0. The molecule has 5 nitrogen and oxygen atoms in total. The van der Waals surface area contributed by atoms with Gasteiger partial charge in [0, 0.05) is 6.54 Å². The minimum Gasteiger partial charge on any atom is -0.323 e. The Morgan fingerprint density at radius 1 is 1.04 bits per heavy atom. The van der Waals surface area contributed by atoms with E-state index in [1.807, 2.05) is 18.2 Å². The normalized spacial score (nSPS) is 26.4. The Morgan fingerprint density at radius 3 is 2.37 bits per heavy atom. The summed E-state index contributed by atoms with van der Waals surface area (Å²) in [6.07, 6.45) is 6.89. The van der Waals surface area contributed by atoms with E-state index >= 15 is 0 Å². The van der Waals surface area contributed by atoms with Gasteiger partial charge in [-0.25, -0.2) is 4.79 Å². The lowest BCUT2D eigenvalue weighted by Gasteiger charge is -2.38. The van der Waals surface area contributed by atoms with Gasteiger partial charge in [0.2, 0.25) is 0 Å². The number of nitrogens with zero attached hydrogens (tertiary/aromatic N) is 1. The highest BCUT2D eigenvalue weighted by atomic mass is 35.5.